The second kappa shape index (κ2) is 6.32. The fraction of sp³-hybridized carbons (Fsp3) is 0.214. The third kappa shape index (κ3) is 2.66. The van der Waals surface area contributed by atoms with Gasteiger partial charge in [-0.15, -0.1) is 0 Å². The van der Waals surface area contributed by atoms with Gasteiger partial charge in [-0.3, -0.25) is 0 Å². The summed E-state index contributed by atoms with van der Waals surface area (Å²) in [4.78, 5) is 6.75. The minimum absolute atomic E-state index is 0.0648. The maximum atomic E-state index is 9.29. The number of nitrogen functional groups attached to an aromatic ring is 1. The van der Waals surface area contributed by atoms with Crippen molar-refractivity contribution < 1.29 is 14.2 Å². The molecular formula is C14H14N4O3S. The zero-order valence-corrected chi connectivity index (χ0v) is 13.1. The smallest absolute Gasteiger partial charge is 0.203 e. The number of methoxy groups -OCH3 is 3. The number of aromatic nitrogens is 2. The average molecular weight is 318 g/mol. The van der Waals surface area contributed by atoms with Crippen molar-refractivity contribution in [3.05, 3.63) is 22.5 Å². The number of ether oxygens (including phenoxy) is 3. The first kappa shape index (κ1) is 15.6. The molecule has 0 aliphatic rings. The number of anilines is 1. The zero-order valence-electron chi connectivity index (χ0n) is 12.3. The molecule has 0 atom stereocenters. The third-order valence-corrected chi connectivity index (χ3v) is 3.22. The van der Waals surface area contributed by atoms with Crippen molar-refractivity contribution in [3.8, 4) is 34.6 Å². The molecule has 0 amide bonds. The van der Waals surface area contributed by atoms with E-state index in [1.165, 1.54) is 21.3 Å². The van der Waals surface area contributed by atoms with Crippen LogP contribution in [0.2, 0.25) is 0 Å². The van der Waals surface area contributed by atoms with Crippen molar-refractivity contribution in [3.63, 3.8) is 0 Å². The molecule has 1 aromatic carbocycles. The van der Waals surface area contributed by atoms with Gasteiger partial charge in [0.05, 0.1) is 27.0 Å². The molecule has 1 heterocycles. The molecule has 1 aromatic heterocycles. The van der Waals surface area contributed by atoms with Crippen LogP contribution in [-0.2, 0) is 0 Å². The fourth-order valence-electron chi connectivity index (χ4n) is 2.05. The SMILES string of the molecule is COc1cc(-c2[nH]c(=S)nc(N)c2C#N)cc(OC)c1OC. The highest BCUT2D eigenvalue weighted by Crippen LogP contribution is 2.41. The second-order valence-corrected chi connectivity index (χ2v) is 4.59. The molecule has 2 aromatic rings. The number of hydrogen-bond donors (Lipinski definition) is 2. The van der Waals surface area contributed by atoms with E-state index in [-0.39, 0.29) is 16.2 Å². The largest absolute Gasteiger partial charge is 0.493 e. The molecular weight excluding hydrogens is 304 g/mol. The molecule has 2 rings (SSSR count). The van der Waals surface area contributed by atoms with Crippen LogP contribution in [0.25, 0.3) is 11.3 Å². The fourth-order valence-corrected chi connectivity index (χ4v) is 2.25. The summed E-state index contributed by atoms with van der Waals surface area (Å²) >= 11 is 5.02. The number of nitrogens with zero attached hydrogens (tertiary/aromatic N) is 2. The highest BCUT2D eigenvalue weighted by molar-refractivity contribution is 7.71. The Hall–Kier alpha value is -2.79. The van der Waals surface area contributed by atoms with Gasteiger partial charge in [0.2, 0.25) is 5.75 Å². The number of benzene rings is 1. The lowest BCUT2D eigenvalue weighted by atomic mass is 10.1. The maximum Gasteiger partial charge on any atom is 0.203 e. The summed E-state index contributed by atoms with van der Waals surface area (Å²) < 4.78 is 16.1. The van der Waals surface area contributed by atoms with Crippen LogP contribution in [0.4, 0.5) is 5.82 Å². The first-order valence-corrected chi connectivity index (χ1v) is 6.56. The minimum atomic E-state index is 0.0648. The van der Waals surface area contributed by atoms with Gasteiger partial charge in [-0.25, -0.2) is 4.98 Å². The highest BCUT2D eigenvalue weighted by Gasteiger charge is 2.17. The summed E-state index contributed by atoms with van der Waals surface area (Å²) in [6, 6.07) is 5.41. The van der Waals surface area contributed by atoms with Gasteiger partial charge in [0.15, 0.2) is 16.3 Å². The summed E-state index contributed by atoms with van der Waals surface area (Å²) in [6.45, 7) is 0. The predicted octanol–water partition coefficient (Wildman–Crippen LogP) is 2.29. The number of nitrogens with one attached hydrogen (secondary N) is 1. The van der Waals surface area contributed by atoms with Crippen LogP contribution in [0.1, 0.15) is 5.56 Å². The van der Waals surface area contributed by atoms with Gasteiger partial charge in [-0.05, 0) is 24.4 Å². The van der Waals surface area contributed by atoms with E-state index in [4.69, 9.17) is 32.2 Å². The van der Waals surface area contributed by atoms with E-state index in [1.54, 1.807) is 12.1 Å². The van der Waals surface area contributed by atoms with E-state index >= 15 is 0 Å². The Balaban J connectivity index is 2.79. The van der Waals surface area contributed by atoms with Crippen LogP contribution >= 0.6 is 12.2 Å². The molecule has 0 spiro atoms. The quantitative estimate of drug-likeness (QED) is 0.833. The summed E-state index contributed by atoms with van der Waals surface area (Å²) in [5.74, 6) is 1.42. The van der Waals surface area contributed by atoms with Crippen molar-refractivity contribution in [2.75, 3.05) is 27.1 Å². The van der Waals surface area contributed by atoms with Gasteiger partial charge < -0.3 is 24.9 Å². The summed E-state index contributed by atoms with van der Waals surface area (Å²) in [5, 5.41) is 9.29. The molecule has 0 bridgehead atoms. The van der Waals surface area contributed by atoms with Gasteiger partial charge in [0.25, 0.3) is 0 Å². The lowest BCUT2D eigenvalue weighted by molar-refractivity contribution is 0.324. The molecule has 0 saturated heterocycles. The Morgan fingerprint density at radius 1 is 1.18 bits per heavy atom. The summed E-state index contributed by atoms with van der Waals surface area (Å²) in [5.41, 5.74) is 7.02. The molecule has 22 heavy (non-hydrogen) atoms. The molecule has 114 valence electrons. The second-order valence-electron chi connectivity index (χ2n) is 4.20. The van der Waals surface area contributed by atoms with Crippen LogP contribution in [0.5, 0.6) is 17.2 Å². The topological polar surface area (TPSA) is 106 Å². The number of nitriles is 1. The van der Waals surface area contributed by atoms with E-state index in [9.17, 15) is 5.26 Å². The normalized spacial score (nSPS) is 9.91. The van der Waals surface area contributed by atoms with Crippen molar-refractivity contribution in [1.29, 1.82) is 5.26 Å². The van der Waals surface area contributed by atoms with Crippen molar-refractivity contribution >= 4 is 18.0 Å². The Morgan fingerprint density at radius 2 is 1.77 bits per heavy atom. The standard InChI is InChI=1S/C14H14N4O3S/c1-19-9-4-7(5-10(20-2)12(9)21-3)11-8(6-15)13(16)18-14(22)17-11/h4-5H,1-3H3,(H3,16,17,18,22). The van der Waals surface area contributed by atoms with E-state index < -0.39 is 0 Å². The summed E-state index contributed by atoms with van der Waals surface area (Å²) in [6.07, 6.45) is 0. The predicted molar refractivity (Wildman–Crippen MR) is 83.6 cm³/mol. The van der Waals surface area contributed by atoms with Gasteiger partial charge >= 0.3 is 0 Å². The molecule has 3 N–H and O–H groups in total. The molecule has 8 heteroatoms. The van der Waals surface area contributed by atoms with Gasteiger partial charge in [0, 0.05) is 5.56 Å². The van der Waals surface area contributed by atoms with E-state index in [0.717, 1.165) is 0 Å². The minimum Gasteiger partial charge on any atom is -0.493 e. The van der Waals surface area contributed by atoms with E-state index in [1.807, 2.05) is 6.07 Å². The molecule has 0 saturated carbocycles. The van der Waals surface area contributed by atoms with Crippen LogP contribution in [0.15, 0.2) is 12.1 Å². The average Bonchev–Trinajstić information content (AvgIpc) is 2.52. The number of H-pyrrole nitrogens is 1. The van der Waals surface area contributed by atoms with Crippen molar-refractivity contribution in [1.82, 2.24) is 9.97 Å². The number of rotatable bonds is 4. The number of nitrogens with two attached hydrogens (primary N) is 1. The number of hydrogen-bond acceptors (Lipinski definition) is 7. The molecule has 0 unspecified atom stereocenters. The van der Waals surface area contributed by atoms with Gasteiger partial charge in [-0.2, -0.15) is 5.26 Å². The maximum absolute atomic E-state index is 9.29. The zero-order chi connectivity index (χ0) is 16.3. The van der Waals surface area contributed by atoms with Crippen molar-refractivity contribution in [2.45, 2.75) is 0 Å². The lowest BCUT2D eigenvalue weighted by Crippen LogP contribution is -2.02. The Bertz CT molecular complexity index is 786. The van der Waals surface area contributed by atoms with Crippen molar-refractivity contribution in [2.24, 2.45) is 0 Å². The van der Waals surface area contributed by atoms with Gasteiger partial charge in [0.1, 0.15) is 17.5 Å². The van der Waals surface area contributed by atoms with Gasteiger partial charge in [-0.1, -0.05) is 0 Å². The Labute approximate surface area is 132 Å². The van der Waals surface area contributed by atoms with Crippen LogP contribution < -0.4 is 19.9 Å². The first-order chi connectivity index (χ1) is 10.5. The Morgan fingerprint density at radius 3 is 2.23 bits per heavy atom. The first-order valence-electron chi connectivity index (χ1n) is 6.16. The molecule has 0 aliphatic carbocycles. The monoisotopic (exact) mass is 318 g/mol. The number of aromatic amines is 1. The lowest BCUT2D eigenvalue weighted by Gasteiger charge is -2.15. The van der Waals surface area contributed by atoms with E-state index in [2.05, 4.69) is 9.97 Å². The molecule has 7 nitrogen and oxygen atoms in total. The van der Waals surface area contributed by atoms with Crippen LogP contribution in [0.3, 0.4) is 0 Å². The molecule has 0 aliphatic heterocycles. The van der Waals surface area contributed by atoms with Crippen LogP contribution in [-0.4, -0.2) is 31.3 Å². The van der Waals surface area contributed by atoms with E-state index in [0.29, 0.717) is 28.5 Å². The summed E-state index contributed by atoms with van der Waals surface area (Å²) in [7, 11) is 4.53. The molecule has 0 fully saturated rings. The Kier molecular flexibility index (Phi) is 4.48. The third-order valence-electron chi connectivity index (χ3n) is 3.03. The highest BCUT2D eigenvalue weighted by atomic mass is 32.1. The molecule has 0 radical (unpaired) electrons. The van der Waals surface area contributed by atoms with Crippen LogP contribution in [0, 0.1) is 16.1 Å².